The maximum absolute atomic E-state index is 12.0. The summed E-state index contributed by atoms with van der Waals surface area (Å²) < 4.78 is 11.0. The lowest BCUT2D eigenvalue weighted by Crippen LogP contribution is -2.21. The minimum Gasteiger partial charge on any atom is -0.494 e. The fourth-order valence-electron chi connectivity index (χ4n) is 2.74. The number of hydrogen-bond donors (Lipinski definition) is 2. The van der Waals surface area contributed by atoms with Crippen molar-refractivity contribution < 1.29 is 14.1 Å². The van der Waals surface area contributed by atoms with Gasteiger partial charge in [0.25, 0.3) is 5.91 Å². The highest BCUT2D eigenvalue weighted by Gasteiger charge is 2.30. The van der Waals surface area contributed by atoms with Crippen molar-refractivity contribution in [1.82, 2.24) is 25.7 Å². The monoisotopic (exact) mass is 366 g/mol. The SMILES string of the molecule is CNC(=O)c1nnccc1Nc1cccc(-c2noc(C3CC3)n2)c1OC. The molecule has 4 rings (SSSR count). The van der Waals surface area contributed by atoms with Gasteiger partial charge in [-0.15, -0.1) is 5.10 Å². The third-order valence-corrected chi connectivity index (χ3v) is 4.26. The third kappa shape index (κ3) is 3.31. The summed E-state index contributed by atoms with van der Waals surface area (Å²) in [6.45, 7) is 0. The van der Waals surface area contributed by atoms with Gasteiger partial charge in [-0.05, 0) is 31.0 Å². The Morgan fingerprint density at radius 2 is 2.11 bits per heavy atom. The number of hydrogen-bond acceptors (Lipinski definition) is 8. The third-order valence-electron chi connectivity index (χ3n) is 4.26. The van der Waals surface area contributed by atoms with Crippen molar-refractivity contribution in [3.63, 3.8) is 0 Å². The first-order valence-electron chi connectivity index (χ1n) is 8.53. The number of para-hydroxylation sites is 1. The smallest absolute Gasteiger partial charge is 0.273 e. The second-order valence-electron chi connectivity index (χ2n) is 6.11. The Balaban J connectivity index is 1.71. The van der Waals surface area contributed by atoms with Gasteiger partial charge in [-0.1, -0.05) is 11.2 Å². The molecule has 0 saturated heterocycles. The lowest BCUT2D eigenvalue weighted by Gasteiger charge is -2.14. The summed E-state index contributed by atoms with van der Waals surface area (Å²) in [4.78, 5) is 16.5. The first-order valence-corrected chi connectivity index (χ1v) is 8.53. The Kier molecular flexibility index (Phi) is 4.41. The average Bonchev–Trinajstić information content (AvgIpc) is 3.44. The molecular weight excluding hydrogens is 348 g/mol. The van der Waals surface area contributed by atoms with E-state index in [1.807, 2.05) is 18.2 Å². The molecule has 1 aromatic carbocycles. The summed E-state index contributed by atoms with van der Waals surface area (Å²) in [5, 5.41) is 17.5. The van der Waals surface area contributed by atoms with Crippen LogP contribution in [-0.2, 0) is 0 Å². The van der Waals surface area contributed by atoms with Crippen molar-refractivity contribution in [2.45, 2.75) is 18.8 Å². The normalized spacial score (nSPS) is 13.3. The number of anilines is 2. The standard InChI is InChI=1S/C18H18N6O3/c1-19-17(25)14-12(8-9-20-23-14)21-13-5-3-4-11(15(13)26-2)16-22-18(27-24-16)10-6-7-10/h3-5,8-10H,6-7H2,1-2H3,(H,19,25)(H,20,21). The molecule has 3 aromatic rings. The van der Waals surface area contributed by atoms with Crippen molar-refractivity contribution in [2.24, 2.45) is 0 Å². The molecule has 1 aliphatic carbocycles. The van der Waals surface area contributed by atoms with Gasteiger partial charge in [0.05, 0.1) is 30.2 Å². The highest BCUT2D eigenvalue weighted by molar-refractivity contribution is 5.98. The number of ether oxygens (including phenoxy) is 1. The summed E-state index contributed by atoms with van der Waals surface area (Å²) in [6, 6.07) is 7.21. The maximum Gasteiger partial charge on any atom is 0.273 e. The molecule has 0 atom stereocenters. The molecule has 2 aromatic heterocycles. The fraction of sp³-hybridized carbons (Fsp3) is 0.278. The van der Waals surface area contributed by atoms with Gasteiger partial charge in [0.1, 0.15) is 0 Å². The highest BCUT2D eigenvalue weighted by Crippen LogP contribution is 2.41. The minimum absolute atomic E-state index is 0.183. The Morgan fingerprint density at radius 3 is 2.85 bits per heavy atom. The molecular formula is C18H18N6O3. The van der Waals surface area contributed by atoms with Crippen LogP contribution < -0.4 is 15.4 Å². The van der Waals surface area contributed by atoms with Crippen LogP contribution in [0.3, 0.4) is 0 Å². The van der Waals surface area contributed by atoms with Crippen LogP contribution in [0, 0.1) is 0 Å². The van der Waals surface area contributed by atoms with E-state index >= 15 is 0 Å². The van der Waals surface area contributed by atoms with Crippen molar-refractivity contribution >= 4 is 17.3 Å². The summed E-state index contributed by atoms with van der Waals surface area (Å²) >= 11 is 0. The Hall–Kier alpha value is -3.49. The van der Waals surface area contributed by atoms with Crippen LogP contribution in [0.4, 0.5) is 11.4 Å². The average molecular weight is 366 g/mol. The minimum atomic E-state index is -0.340. The van der Waals surface area contributed by atoms with E-state index in [1.54, 1.807) is 13.2 Å². The summed E-state index contributed by atoms with van der Waals surface area (Å²) in [7, 11) is 3.10. The molecule has 1 fully saturated rings. The Labute approximate surface area is 155 Å². The van der Waals surface area contributed by atoms with Crippen molar-refractivity contribution in [2.75, 3.05) is 19.5 Å². The van der Waals surface area contributed by atoms with E-state index in [2.05, 4.69) is 31.0 Å². The van der Waals surface area contributed by atoms with E-state index in [4.69, 9.17) is 9.26 Å². The lowest BCUT2D eigenvalue weighted by atomic mass is 10.1. The van der Waals surface area contributed by atoms with E-state index in [0.717, 1.165) is 12.8 Å². The number of benzene rings is 1. The molecule has 9 heteroatoms. The highest BCUT2D eigenvalue weighted by atomic mass is 16.5. The second kappa shape index (κ2) is 7.02. The summed E-state index contributed by atoms with van der Waals surface area (Å²) in [5.41, 5.74) is 2.03. The van der Waals surface area contributed by atoms with E-state index < -0.39 is 0 Å². The number of carbonyl (C=O) groups is 1. The zero-order chi connectivity index (χ0) is 18.8. The molecule has 0 spiro atoms. The topological polar surface area (TPSA) is 115 Å². The molecule has 138 valence electrons. The second-order valence-corrected chi connectivity index (χ2v) is 6.11. The number of methoxy groups -OCH3 is 1. The van der Waals surface area contributed by atoms with Gasteiger partial charge < -0.3 is 19.9 Å². The van der Waals surface area contributed by atoms with Crippen LogP contribution in [0.5, 0.6) is 5.75 Å². The van der Waals surface area contributed by atoms with Crippen LogP contribution in [0.25, 0.3) is 11.4 Å². The van der Waals surface area contributed by atoms with Gasteiger partial charge in [-0.2, -0.15) is 10.1 Å². The molecule has 0 bridgehead atoms. The predicted molar refractivity (Wildman–Crippen MR) is 97.0 cm³/mol. The van der Waals surface area contributed by atoms with E-state index in [9.17, 15) is 4.79 Å². The number of nitrogens with one attached hydrogen (secondary N) is 2. The molecule has 0 unspecified atom stereocenters. The van der Waals surface area contributed by atoms with Crippen LogP contribution in [-0.4, -0.2) is 40.4 Å². The predicted octanol–water partition coefficient (Wildman–Crippen LogP) is 2.52. The van der Waals surface area contributed by atoms with Gasteiger partial charge in [0.15, 0.2) is 11.4 Å². The van der Waals surface area contributed by atoms with Crippen LogP contribution in [0.1, 0.15) is 35.1 Å². The maximum atomic E-state index is 12.0. The number of carbonyl (C=O) groups excluding carboxylic acids is 1. The number of rotatable bonds is 6. The molecule has 1 saturated carbocycles. The molecule has 2 heterocycles. The number of nitrogens with zero attached hydrogens (tertiary/aromatic N) is 4. The van der Waals surface area contributed by atoms with E-state index in [0.29, 0.717) is 40.3 Å². The fourth-order valence-corrected chi connectivity index (χ4v) is 2.74. The molecule has 0 radical (unpaired) electrons. The molecule has 27 heavy (non-hydrogen) atoms. The van der Waals surface area contributed by atoms with Gasteiger partial charge in [-0.3, -0.25) is 4.79 Å². The molecule has 0 aliphatic heterocycles. The van der Waals surface area contributed by atoms with E-state index in [-0.39, 0.29) is 11.6 Å². The summed E-state index contributed by atoms with van der Waals surface area (Å²) in [5.74, 6) is 1.70. The number of aromatic nitrogens is 4. The first kappa shape index (κ1) is 17.0. The molecule has 9 nitrogen and oxygen atoms in total. The van der Waals surface area contributed by atoms with Gasteiger partial charge >= 0.3 is 0 Å². The van der Waals surface area contributed by atoms with Crippen molar-refractivity contribution in [3.05, 3.63) is 42.0 Å². The zero-order valence-electron chi connectivity index (χ0n) is 14.9. The first-order chi connectivity index (χ1) is 13.2. The van der Waals surface area contributed by atoms with E-state index in [1.165, 1.54) is 13.2 Å². The number of amides is 1. The Bertz CT molecular complexity index is 983. The van der Waals surface area contributed by atoms with Crippen molar-refractivity contribution in [1.29, 1.82) is 0 Å². The molecule has 1 amide bonds. The van der Waals surface area contributed by atoms with Crippen LogP contribution in [0.15, 0.2) is 35.0 Å². The largest absolute Gasteiger partial charge is 0.494 e. The van der Waals surface area contributed by atoms with Gasteiger partial charge in [0.2, 0.25) is 11.7 Å². The molecule has 1 aliphatic rings. The van der Waals surface area contributed by atoms with Gasteiger partial charge in [-0.25, -0.2) is 0 Å². The van der Waals surface area contributed by atoms with Crippen LogP contribution >= 0.6 is 0 Å². The zero-order valence-corrected chi connectivity index (χ0v) is 14.9. The van der Waals surface area contributed by atoms with Crippen molar-refractivity contribution in [3.8, 4) is 17.1 Å². The quantitative estimate of drug-likeness (QED) is 0.684. The summed E-state index contributed by atoms with van der Waals surface area (Å²) in [6.07, 6.45) is 3.67. The molecule has 2 N–H and O–H groups in total. The van der Waals surface area contributed by atoms with Gasteiger partial charge in [0, 0.05) is 13.0 Å². The Morgan fingerprint density at radius 1 is 1.26 bits per heavy atom. The lowest BCUT2D eigenvalue weighted by molar-refractivity contribution is 0.0958. The van der Waals surface area contributed by atoms with Crippen LogP contribution in [0.2, 0.25) is 0 Å².